The van der Waals surface area contributed by atoms with Crippen LogP contribution >= 0.6 is 0 Å². The Morgan fingerprint density at radius 1 is 1.23 bits per heavy atom. The summed E-state index contributed by atoms with van der Waals surface area (Å²) in [4.78, 5) is 19.5. The molecule has 1 saturated heterocycles. The highest BCUT2D eigenvalue weighted by Crippen LogP contribution is 2.31. The maximum Gasteiger partial charge on any atom is 0.257 e. The molecule has 0 aliphatic carbocycles. The molecule has 1 aromatic carbocycles. The fraction of sp³-hybridized carbons (Fsp3) is 0.318. The molecule has 31 heavy (non-hydrogen) atoms. The standard InChI is InChI=1S/C22H24FN7O/c1-13-10-30-11-15(9-18(23)21(30)25-13)26-22(31)16-3-4-19(17-12-28(2)27-20(16)17)29-7-5-14(24)6-8-29/h3-4,9-12,14H,5-8,24H2,1-2H3,(H,26,31). The number of carbonyl (C=O) groups excluding carboxylic acids is 1. The van der Waals surface area contributed by atoms with Crippen LogP contribution in [-0.4, -0.2) is 44.2 Å². The first-order chi connectivity index (χ1) is 14.9. The Hall–Kier alpha value is -3.46. The molecule has 1 amide bonds. The number of anilines is 2. The number of amides is 1. The second-order valence-corrected chi connectivity index (χ2v) is 8.17. The van der Waals surface area contributed by atoms with Crippen LogP contribution in [0, 0.1) is 12.7 Å². The molecule has 4 heterocycles. The van der Waals surface area contributed by atoms with Gasteiger partial charge >= 0.3 is 0 Å². The van der Waals surface area contributed by atoms with Crippen molar-refractivity contribution >= 4 is 33.8 Å². The molecule has 0 saturated carbocycles. The number of benzene rings is 1. The van der Waals surface area contributed by atoms with Crippen LogP contribution in [0.5, 0.6) is 0 Å². The van der Waals surface area contributed by atoms with Crippen LogP contribution in [0.3, 0.4) is 0 Å². The normalized spacial score (nSPS) is 15.2. The predicted octanol–water partition coefficient (Wildman–Crippen LogP) is 2.85. The van der Waals surface area contributed by atoms with E-state index in [0.29, 0.717) is 22.5 Å². The Balaban J connectivity index is 1.49. The fourth-order valence-electron chi connectivity index (χ4n) is 4.25. The molecular weight excluding hydrogens is 397 g/mol. The molecule has 8 nitrogen and oxygen atoms in total. The Morgan fingerprint density at radius 2 is 2.00 bits per heavy atom. The second kappa shape index (κ2) is 7.35. The van der Waals surface area contributed by atoms with E-state index in [4.69, 9.17) is 5.73 Å². The number of nitrogens with one attached hydrogen (secondary N) is 1. The van der Waals surface area contributed by atoms with E-state index in [1.165, 1.54) is 6.07 Å². The molecule has 0 radical (unpaired) electrons. The summed E-state index contributed by atoms with van der Waals surface area (Å²) < 4.78 is 17.7. The Bertz CT molecular complexity index is 1300. The molecule has 0 atom stereocenters. The summed E-state index contributed by atoms with van der Waals surface area (Å²) in [6.07, 6.45) is 7.16. The number of carbonyl (C=O) groups is 1. The molecule has 160 valence electrons. The molecule has 0 spiro atoms. The summed E-state index contributed by atoms with van der Waals surface area (Å²) in [5, 5.41) is 8.25. The van der Waals surface area contributed by atoms with Gasteiger partial charge in [-0.2, -0.15) is 5.10 Å². The highest BCUT2D eigenvalue weighted by Gasteiger charge is 2.22. The van der Waals surface area contributed by atoms with Crippen molar-refractivity contribution < 1.29 is 9.18 Å². The van der Waals surface area contributed by atoms with E-state index in [1.807, 2.05) is 19.3 Å². The fourth-order valence-corrected chi connectivity index (χ4v) is 4.25. The first-order valence-corrected chi connectivity index (χ1v) is 10.3. The zero-order valence-electron chi connectivity index (χ0n) is 17.5. The van der Waals surface area contributed by atoms with Gasteiger partial charge in [0.1, 0.15) is 5.52 Å². The Kier molecular flexibility index (Phi) is 4.62. The molecule has 1 aliphatic rings. The average Bonchev–Trinajstić information content (AvgIpc) is 3.29. The number of fused-ring (bicyclic) bond motifs is 2. The van der Waals surface area contributed by atoms with Crippen LogP contribution in [0.2, 0.25) is 0 Å². The molecule has 1 aliphatic heterocycles. The summed E-state index contributed by atoms with van der Waals surface area (Å²) >= 11 is 0. The van der Waals surface area contributed by atoms with E-state index < -0.39 is 5.82 Å². The average molecular weight is 421 g/mol. The lowest BCUT2D eigenvalue weighted by Gasteiger charge is -2.32. The van der Waals surface area contributed by atoms with Gasteiger partial charge in [0.15, 0.2) is 11.5 Å². The number of nitrogens with zero attached hydrogens (tertiary/aromatic N) is 5. The van der Waals surface area contributed by atoms with Gasteiger partial charge in [0.2, 0.25) is 0 Å². The second-order valence-electron chi connectivity index (χ2n) is 8.17. The summed E-state index contributed by atoms with van der Waals surface area (Å²) in [5.41, 5.74) is 9.44. The van der Waals surface area contributed by atoms with E-state index >= 15 is 0 Å². The molecule has 0 bridgehead atoms. The minimum Gasteiger partial charge on any atom is -0.371 e. The molecule has 3 N–H and O–H groups in total. The monoisotopic (exact) mass is 421 g/mol. The third-order valence-electron chi connectivity index (χ3n) is 5.78. The first kappa shape index (κ1) is 19.5. The predicted molar refractivity (Wildman–Crippen MR) is 118 cm³/mol. The SMILES string of the molecule is Cc1cn2cc(NC(=O)c3ccc(N4CCC(N)CC4)c4cn(C)nc34)cc(F)c2n1. The third-order valence-corrected chi connectivity index (χ3v) is 5.78. The van der Waals surface area contributed by atoms with Crippen molar-refractivity contribution in [1.82, 2.24) is 19.2 Å². The molecule has 1 fully saturated rings. The van der Waals surface area contributed by atoms with E-state index in [0.717, 1.165) is 37.0 Å². The highest BCUT2D eigenvalue weighted by molar-refractivity contribution is 6.13. The summed E-state index contributed by atoms with van der Waals surface area (Å²) in [6, 6.07) is 5.26. The van der Waals surface area contributed by atoms with Crippen LogP contribution < -0.4 is 16.0 Å². The molecule has 0 unspecified atom stereocenters. The smallest absolute Gasteiger partial charge is 0.257 e. The van der Waals surface area contributed by atoms with Crippen molar-refractivity contribution in [2.45, 2.75) is 25.8 Å². The van der Waals surface area contributed by atoms with Gasteiger partial charge in [0.25, 0.3) is 5.91 Å². The van der Waals surface area contributed by atoms with Gasteiger partial charge in [-0.25, -0.2) is 9.37 Å². The summed E-state index contributed by atoms with van der Waals surface area (Å²) in [7, 11) is 1.84. The number of imidazole rings is 1. The van der Waals surface area contributed by atoms with Crippen molar-refractivity contribution in [2.75, 3.05) is 23.3 Å². The topological polar surface area (TPSA) is 93.5 Å². The van der Waals surface area contributed by atoms with Crippen molar-refractivity contribution in [3.8, 4) is 0 Å². The first-order valence-electron chi connectivity index (χ1n) is 10.3. The van der Waals surface area contributed by atoms with Gasteiger partial charge in [-0.05, 0) is 31.9 Å². The van der Waals surface area contributed by atoms with Crippen molar-refractivity contribution in [2.24, 2.45) is 12.8 Å². The Labute approximate surface area is 178 Å². The van der Waals surface area contributed by atoms with Crippen LogP contribution in [0.4, 0.5) is 15.8 Å². The zero-order valence-corrected chi connectivity index (χ0v) is 17.5. The van der Waals surface area contributed by atoms with Crippen LogP contribution in [0.15, 0.2) is 36.8 Å². The van der Waals surface area contributed by atoms with Gasteiger partial charge < -0.3 is 20.4 Å². The van der Waals surface area contributed by atoms with Crippen LogP contribution in [-0.2, 0) is 7.05 Å². The highest BCUT2D eigenvalue weighted by atomic mass is 19.1. The quantitative estimate of drug-likeness (QED) is 0.531. The van der Waals surface area contributed by atoms with E-state index in [-0.39, 0.29) is 17.6 Å². The van der Waals surface area contributed by atoms with Gasteiger partial charge in [0, 0.05) is 61.9 Å². The lowest BCUT2D eigenvalue weighted by molar-refractivity contribution is 0.102. The van der Waals surface area contributed by atoms with Gasteiger partial charge in [-0.1, -0.05) is 0 Å². The van der Waals surface area contributed by atoms with Gasteiger partial charge in [-0.15, -0.1) is 0 Å². The lowest BCUT2D eigenvalue weighted by Crippen LogP contribution is -2.39. The number of aryl methyl sites for hydroxylation is 2. The van der Waals surface area contributed by atoms with Crippen molar-refractivity contribution in [3.05, 3.63) is 53.9 Å². The number of rotatable bonds is 3. The largest absolute Gasteiger partial charge is 0.371 e. The molecule has 3 aromatic heterocycles. The summed E-state index contributed by atoms with van der Waals surface area (Å²) in [6.45, 7) is 3.54. The number of halogens is 1. The minimum atomic E-state index is -0.493. The van der Waals surface area contributed by atoms with Gasteiger partial charge in [-0.3, -0.25) is 9.48 Å². The molecule has 9 heteroatoms. The molecule has 5 rings (SSSR count). The maximum absolute atomic E-state index is 14.4. The van der Waals surface area contributed by atoms with Crippen molar-refractivity contribution in [3.63, 3.8) is 0 Å². The van der Waals surface area contributed by atoms with E-state index in [1.54, 1.807) is 34.5 Å². The number of hydrogen-bond donors (Lipinski definition) is 2. The minimum absolute atomic E-state index is 0.230. The number of nitrogens with two attached hydrogens (primary N) is 1. The number of aromatic nitrogens is 4. The van der Waals surface area contributed by atoms with Gasteiger partial charge in [0.05, 0.1) is 16.9 Å². The third kappa shape index (κ3) is 3.50. The zero-order chi connectivity index (χ0) is 21.7. The number of pyridine rings is 1. The van der Waals surface area contributed by atoms with E-state index in [2.05, 4.69) is 20.3 Å². The van der Waals surface area contributed by atoms with Crippen molar-refractivity contribution in [1.29, 1.82) is 0 Å². The molecular formula is C22H24FN7O. The maximum atomic E-state index is 14.4. The van der Waals surface area contributed by atoms with Crippen LogP contribution in [0.25, 0.3) is 16.6 Å². The number of hydrogen-bond acceptors (Lipinski definition) is 5. The number of piperidine rings is 1. The summed E-state index contributed by atoms with van der Waals surface area (Å²) in [5.74, 6) is -0.834. The van der Waals surface area contributed by atoms with E-state index in [9.17, 15) is 9.18 Å². The van der Waals surface area contributed by atoms with Crippen LogP contribution in [0.1, 0.15) is 28.9 Å². The lowest BCUT2D eigenvalue weighted by atomic mass is 10.0. The Morgan fingerprint density at radius 3 is 2.77 bits per heavy atom. The molecule has 4 aromatic rings.